The first-order valence-electron chi connectivity index (χ1n) is 8.10. The van der Waals surface area contributed by atoms with Crippen molar-refractivity contribution in [1.29, 1.82) is 0 Å². The van der Waals surface area contributed by atoms with Gasteiger partial charge in [0.05, 0.1) is 0 Å². The van der Waals surface area contributed by atoms with E-state index in [-0.39, 0.29) is 11.8 Å². The van der Waals surface area contributed by atoms with Gasteiger partial charge in [0, 0.05) is 5.70 Å². The third-order valence-electron chi connectivity index (χ3n) is 4.22. The number of halogens is 2. The summed E-state index contributed by atoms with van der Waals surface area (Å²) in [5.41, 5.74) is 3.94. The van der Waals surface area contributed by atoms with E-state index in [4.69, 9.17) is 0 Å². The Morgan fingerprint density at radius 3 is 2.50 bits per heavy atom. The molecule has 26 heavy (non-hydrogen) atoms. The van der Waals surface area contributed by atoms with Gasteiger partial charge in [-0.1, -0.05) is 29.8 Å². The highest BCUT2D eigenvalue weighted by atomic mass is 19.3. The van der Waals surface area contributed by atoms with Gasteiger partial charge in [-0.15, -0.1) is 0 Å². The van der Waals surface area contributed by atoms with E-state index in [2.05, 4.69) is 44.4 Å². The van der Waals surface area contributed by atoms with Crippen molar-refractivity contribution in [3.05, 3.63) is 77.6 Å². The number of aryl methyl sites for hydroxylation is 1. The molecule has 0 radical (unpaired) electrons. The van der Waals surface area contributed by atoms with Crippen LogP contribution in [0.4, 0.5) is 14.7 Å². The van der Waals surface area contributed by atoms with Gasteiger partial charge in [0.25, 0.3) is 0 Å². The molecule has 0 aliphatic carbocycles. The molecular formula is C19H16F2N4O. The number of nitrogens with zero attached hydrogens (tertiary/aromatic N) is 3. The Morgan fingerprint density at radius 2 is 1.81 bits per heavy atom. The zero-order valence-corrected chi connectivity index (χ0v) is 13.9. The number of fused-ring (bicyclic) bond motifs is 1. The van der Waals surface area contributed by atoms with E-state index >= 15 is 0 Å². The van der Waals surface area contributed by atoms with E-state index in [0.717, 1.165) is 16.8 Å². The van der Waals surface area contributed by atoms with Crippen LogP contribution in [0.2, 0.25) is 0 Å². The third-order valence-corrected chi connectivity index (χ3v) is 4.22. The monoisotopic (exact) mass is 354 g/mol. The highest BCUT2D eigenvalue weighted by molar-refractivity contribution is 5.77. The summed E-state index contributed by atoms with van der Waals surface area (Å²) in [4.78, 5) is 4.26. The fourth-order valence-electron chi connectivity index (χ4n) is 2.92. The maximum absolute atomic E-state index is 12.3. The van der Waals surface area contributed by atoms with Crippen molar-refractivity contribution in [1.82, 2.24) is 14.8 Å². The van der Waals surface area contributed by atoms with Crippen LogP contribution >= 0.6 is 0 Å². The minimum Gasteiger partial charge on any atom is -0.435 e. The zero-order chi connectivity index (χ0) is 18.1. The average Bonchev–Trinajstić information content (AvgIpc) is 3.10. The number of nitrogens with one attached hydrogen (secondary N) is 1. The maximum atomic E-state index is 12.3. The molecule has 1 aliphatic heterocycles. The molecule has 7 heteroatoms. The Balaban J connectivity index is 1.69. The predicted molar refractivity (Wildman–Crippen MR) is 94.0 cm³/mol. The zero-order valence-electron chi connectivity index (χ0n) is 13.9. The molecule has 1 atom stereocenters. The highest BCUT2D eigenvalue weighted by Gasteiger charge is 2.23. The van der Waals surface area contributed by atoms with Crippen molar-refractivity contribution in [3.63, 3.8) is 0 Å². The Bertz CT molecular complexity index is 933. The van der Waals surface area contributed by atoms with Crippen molar-refractivity contribution < 1.29 is 13.5 Å². The smallest absolute Gasteiger partial charge is 0.387 e. The summed E-state index contributed by atoms with van der Waals surface area (Å²) in [6.45, 7) is -0.797. The van der Waals surface area contributed by atoms with Crippen LogP contribution in [0.1, 0.15) is 22.7 Å². The van der Waals surface area contributed by atoms with Gasteiger partial charge >= 0.3 is 6.61 Å². The SMILES string of the molecule is Cc1ccc([C@@H]2C=C(c3ccc(OC(F)F)cc3)Nc3ncnn32)cc1. The molecule has 2 heterocycles. The van der Waals surface area contributed by atoms with Crippen LogP contribution < -0.4 is 10.1 Å². The van der Waals surface area contributed by atoms with Crippen molar-refractivity contribution >= 4 is 11.6 Å². The van der Waals surface area contributed by atoms with Crippen molar-refractivity contribution in [2.45, 2.75) is 19.6 Å². The molecule has 4 rings (SSSR count). The molecule has 0 bridgehead atoms. The Hall–Kier alpha value is -3.22. The standard InChI is InChI=1S/C19H16F2N4O/c1-12-2-4-14(5-3-12)17-10-16(24-19-22-11-23-25(17)19)13-6-8-15(9-7-13)26-18(20)21/h2-11,17-18H,1H3,(H,22,23,24)/t17-/m0/s1. The summed E-state index contributed by atoms with van der Waals surface area (Å²) in [6.07, 6.45) is 3.54. The molecule has 5 nitrogen and oxygen atoms in total. The molecule has 0 amide bonds. The van der Waals surface area contributed by atoms with Crippen LogP contribution in [0.3, 0.4) is 0 Å². The number of benzene rings is 2. The number of allylic oxidation sites excluding steroid dienone is 1. The second-order valence-corrected chi connectivity index (χ2v) is 5.99. The lowest BCUT2D eigenvalue weighted by atomic mass is 10.0. The summed E-state index contributed by atoms with van der Waals surface area (Å²) in [5.74, 6) is 0.749. The number of ether oxygens (including phenoxy) is 1. The Labute approximate surface area is 148 Å². The Morgan fingerprint density at radius 1 is 1.08 bits per heavy atom. The number of hydrogen-bond donors (Lipinski definition) is 1. The number of rotatable bonds is 4. The lowest BCUT2D eigenvalue weighted by Gasteiger charge is -2.24. The second-order valence-electron chi connectivity index (χ2n) is 5.99. The van der Waals surface area contributed by atoms with Gasteiger partial charge in [-0.05, 0) is 48.4 Å². The summed E-state index contributed by atoms with van der Waals surface area (Å²) in [5, 5.41) is 7.53. The number of aromatic nitrogens is 3. The minimum absolute atomic E-state index is 0.110. The van der Waals surface area contributed by atoms with Crippen LogP contribution in [0.25, 0.3) is 5.70 Å². The molecular weight excluding hydrogens is 338 g/mol. The van der Waals surface area contributed by atoms with Gasteiger partial charge in [-0.3, -0.25) is 0 Å². The van der Waals surface area contributed by atoms with E-state index in [1.807, 2.05) is 17.7 Å². The maximum Gasteiger partial charge on any atom is 0.387 e. The van der Waals surface area contributed by atoms with Crippen LogP contribution in [0.15, 0.2) is 60.9 Å². The summed E-state index contributed by atoms with van der Waals surface area (Å²) >= 11 is 0. The fraction of sp³-hybridized carbons (Fsp3) is 0.158. The van der Waals surface area contributed by atoms with Crippen LogP contribution in [-0.4, -0.2) is 21.4 Å². The molecule has 1 aliphatic rings. The first-order valence-corrected chi connectivity index (χ1v) is 8.10. The van der Waals surface area contributed by atoms with Gasteiger partial charge < -0.3 is 10.1 Å². The van der Waals surface area contributed by atoms with Gasteiger partial charge in [0.15, 0.2) is 0 Å². The van der Waals surface area contributed by atoms with E-state index in [9.17, 15) is 8.78 Å². The second kappa shape index (κ2) is 6.59. The highest BCUT2D eigenvalue weighted by Crippen LogP contribution is 2.32. The lowest BCUT2D eigenvalue weighted by Crippen LogP contribution is -2.20. The molecule has 0 spiro atoms. The van der Waals surface area contributed by atoms with Crippen LogP contribution in [0, 0.1) is 6.92 Å². The van der Waals surface area contributed by atoms with E-state index in [0.29, 0.717) is 5.95 Å². The number of anilines is 1. The molecule has 0 saturated heterocycles. The largest absolute Gasteiger partial charge is 0.435 e. The van der Waals surface area contributed by atoms with Gasteiger partial charge in [-0.25, -0.2) is 4.68 Å². The molecule has 1 N–H and O–H groups in total. The lowest BCUT2D eigenvalue weighted by molar-refractivity contribution is -0.0498. The van der Waals surface area contributed by atoms with Crippen molar-refractivity contribution in [3.8, 4) is 5.75 Å². The van der Waals surface area contributed by atoms with Gasteiger partial charge in [0.2, 0.25) is 5.95 Å². The van der Waals surface area contributed by atoms with Crippen LogP contribution in [0.5, 0.6) is 5.75 Å². The molecule has 0 fully saturated rings. The topological polar surface area (TPSA) is 52.0 Å². The molecule has 3 aromatic rings. The summed E-state index contributed by atoms with van der Waals surface area (Å²) in [6, 6.07) is 14.6. The molecule has 0 saturated carbocycles. The predicted octanol–water partition coefficient (Wildman–Crippen LogP) is 4.24. The quantitative estimate of drug-likeness (QED) is 0.761. The van der Waals surface area contributed by atoms with Gasteiger partial charge in [0.1, 0.15) is 18.1 Å². The van der Waals surface area contributed by atoms with Crippen molar-refractivity contribution in [2.75, 3.05) is 5.32 Å². The summed E-state index contributed by atoms with van der Waals surface area (Å²) < 4.78 is 30.8. The Kier molecular flexibility index (Phi) is 4.12. The van der Waals surface area contributed by atoms with Crippen LogP contribution in [-0.2, 0) is 0 Å². The van der Waals surface area contributed by atoms with Crippen molar-refractivity contribution in [2.24, 2.45) is 0 Å². The molecule has 1 aromatic heterocycles. The number of hydrogen-bond acceptors (Lipinski definition) is 4. The fourth-order valence-corrected chi connectivity index (χ4v) is 2.92. The summed E-state index contributed by atoms with van der Waals surface area (Å²) in [7, 11) is 0. The van der Waals surface area contributed by atoms with Gasteiger partial charge in [-0.2, -0.15) is 18.9 Å². The average molecular weight is 354 g/mol. The minimum atomic E-state index is -2.84. The normalized spacial score (nSPS) is 16.0. The first-order chi connectivity index (χ1) is 12.6. The number of alkyl halides is 2. The molecule has 2 aromatic carbocycles. The molecule has 0 unspecified atom stereocenters. The van der Waals surface area contributed by atoms with E-state index in [1.54, 1.807) is 12.1 Å². The van der Waals surface area contributed by atoms with E-state index in [1.165, 1.54) is 24.0 Å². The third kappa shape index (κ3) is 3.15. The van der Waals surface area contributed by atoms with E-state index < -0.39 is 6.61 Å². The molecule has 132 valence electrons. The first kappa shape index (κ1) is 16.3.